The van der Waals surface area contributed by atoms with Gasteiger partial charge in [0.15, 0.2) is 0 Å². The van der Waals surface area contributed by atoms with E-state index in [-0.39, 0.29) is 5.75 Å². The molecule has 11 nitrogen and oxygen atoms in total. The molecule has 0 bridgehead atoms. The van der Waals surface area contributed by atoms with Gasteiger partial charge in [-0.15, -0.1) is 0 Å². The van der Waals surface area contributed by atoms with Crippen molar-refractivity contribution in [2.45, 2.75) is 57.3 Å². The first-order chi connectivity index (χ1) is 13.6. The Morgan fingerprint density at radius 2 is 1.66 bits per heavy atom. The first-order valence-electron chi connectivity index (χ1n) is 9.26. The Kier molecular flexibility index (Phi) is 9.89. The maximum atomic E-state index is 12.5. The molecule has 1 rings (SSSR count). The van der Waals surface area contributed by atoms with Gasteiger partial charge < -0.3 is 31.5 Å². The molecule has 6 N–H and O–H groups in total. The van der Waals surface area contributed by atoms with Gasteiger partial charge in [0.05, 0.1) is 12.5 Å². The highest BCUT2D eigenvalue weighted by molar-refractivity contribution is 7.80. The zero-order valence-electron chi connectivity index (χ0n) is 16.3. The summed E-state index contributed by atoms with van der Waals surface area (Å²) in [6.07, 6.45) is 0.687. The van der Waals surface area contributed by atoms with Crippen molar-refractivity contribution in [1.29, 1.82) is 0 Å². The Bertz CT molecular complexity index is 637. The predicted octanol–water partition coefficient (Wildman–Crippen LogP) is -1.66. The summed E-state index contributed by atoms with van der Waals surface area (Å²) in [5.74, 6) is -5.22. The summed E-state index contributed by atoms with van der Waals surface area (Å²) in [6.45, 7) is 3.88. The highest BCUT2D eigenvalue weighted by Crippen LogP contribution is 2.07. The van der Waals surface area contributed by atoms with Crippen LogP contribution in [-0.2, 0) is 24.0 Å². The fraction of sp³-hybridized carbons (Fsp3) is 0.706. The van der Waals surface area contributed by atoms with Crippen molar-refractivity contribution in [2.24, 2.45) is 5.92 Å². The van der Waals surface area contributed by atoms with E-state index in [0.717, 1.165) is 6.42 Å². The number of carboxylic acid groups (broad SMARTS) is 2. The van der Waals surface area contributed by atoms with Crippen LogP contribution in [0.2, 0.25) is 0 Å². The third-order valence-electron chi connectivity index (χ3n) is 4.43. The van der Waals surface area contributed by atoms with E-state index in [4.69, 9.17) is 5.11 Å². The number of hydrogen-bond donors (Lipinski definition) is 7. The van der Waals surface area contributed by atoms with Gasteiger partial charge in [0, 0.05) is 5.75 Å². The summed E-state index contributed by atoms with van der Waals surface area (Å²) >= 11 is 4.00. The van der Waals surface area contributed by atoms with Crippen molar-refractivity contribution in [2.75, 3.05) is 12.3 Å². The van der Waals surface area contributed by atoms with Gasteiger partial charge in [0.2, 0.25) is 17.7 Å². The van der Waals surface area contributed by atoms with Crippen molar-refractivity contribution < 1.29 is 34.2 Å². The van der Waals surface area contributed by atoms with E-state index in [0.29, 0.717) is 13.0 Å². The van der Waals surface area contributed by atoms with Crippen LogP contribution >= 0.6 is 12.6 Å². The molecule has 4 unspecified atom stereocenters. The van der Waals surface area contributed by atoms with Crippen LogP contribution < -0.4 is 21.3 Å². The number of amides is 3. The second kappa shape index (κ2) is 11.6. The zero-order chi connectivity index (χ0) is 22.1. The molecular formula is C17H28N4O7S. The molecule has 0 aromatic carbocycles. The number of rotatable bonds is 11. The number of nitrogens with one attached hydrogen (secondary N) is 4. The van der Waals surface area contributed by atoms with Gasteiger partial charge in [-0.1, -0.05) is 13.8 Å². The lowest BCUT2D eigenvalue weighted by molar-refractivity contribution is -0.144. The van der Waals surface area contributed by atoms with Crippen molar-refractivity contribution in [3.8, 4) is 0 Å². The molecule has 1 saturated heterocycles. The summed E-state index contributed by atoms with van der Waals surface area (Å²) in [5.41, 5.74) is 0. The molecule has 1 heterocycles. The minimum absolute atomic E-state index is 0.153. The molecule has 1 fully saturated rings. The lowest BCUT2D eigenvalue weighted by Crippen LogP contribution is -2.58. The summed E-state index contributed by atoms with van der Waals surface area (Å²) in [6, 6.07) is -4.27. The molecule has 12 heteroatoms. The topological polar surface area (TPSA) is 174 Å². The second-order valence-electron chi connectivity index (χ2n) is 7.12. The zero-order valence-corrected chi connectivity index (χ0v) is 17.2. The lowest BCUT2D eigenvalue weighted by Gasteiger charge is -2.24. The Hall–Kier alpha value is -2.34. The van der Waals surface area contributed by atoms with Gasteiger partial charge in [0.1, 0.15) is 18.1 Å². The third kappa shape index (κ3) is 7.89. The van der Waals surface area contributed by atoms with E-state index >= 15 is 0 Å². The summed E-state index contributed by atoms with van der Waals surface area (Å²) in [7, 11) is 0. The molecule has 0 aliphatic carbocycles. The Labute approximate surface area is 173 Å². The van der Waals surface area contributed by atoms with Crippen molar-refractivity contribution in [3.05, 3.63) is 0 Å². The first-order valence-corrected chi connectivity index (χ1v) is 9.90. The van der Waals surface area contributed by atoms with E-state index in [1.165, 1.54) is 0 Å². The summed E-state index contributed by atoms with van der Waals surface area (Å²) < 4.78 is 0. The predicted molar refractivity (Wildman–Crippen MR) is 105 cm³/mol. The molecule has 1 aliphatic rings. The van der Waals surface area contributed by atoms with Crippen LogP contribution in [0.3, 0.4) is 0 Å². The average molecular weight is 432 g/mol. The first kappa shape index (κ1) is 24.7. The van der Waals surface area contributed by atoms with E-state index in [1.54, 1.807) is 13.8 Å². The minimum atomic E-state index is -1.39. The standard InChI is InChI=1S/C17H28N4O7S/c1-8(2)13(17(27)28)21-16(26)11(7-29)20-15(25)10(6-12(22)23)19-14(24)9-4-3-5-18-9/h8-11,13,18,29H,3-7H2,1-2H3,(H,19,24)(H,20,25)(H,21,26)(H,22,23)(H,27,28). The number of aliphatic carboxylic acids is 2. The summed E-state index contributed by atoms with van der Waals surface area (Å²) in [5, 5.41) is 28.2. The number of carbonyl (C=O) groups is 5. The molecule has 0 aromatic rings. The number of hydrogen-bond acceptors (Lipinski definition) is 7. The quantitative estimate of drug-likeness (QED) is 0.190. The van der Waals surface area contributed by atoms with E-state index < -0.39 is 66.2 Å². The molecule has 0 saturated carbocycles. The maximum Gasteiger partial charge on any atom is 0.326 e. The Balaban J connectivity index is 2.80. The molecular weight excluding hydrogens is 404 g/mol. The van der Waals surface area contributed by atoms with Crippen molar-refractivity contribution >= 4 is 42.3 Å². The molecule has 0 spiro atoms. The van der Waals surface area contributed by atoms with Gasteiger partial charge in [-0.25, -0.2) is 4.79 Å². The number of thiol groups is 1. The maximum absolute atomic E-state index is 12.5. The highest BCUT2D eigenvalue weighted by atomic mass is 32.1. The Morgan fingerprint density at radius 1 is 1.03 bits per heavy atom. The van der Waals surface area contributed by atoms with Crippen LogP contribution in [0, 0.1) is 5.92 Å². The van der Waals surface area contributed by atoms with E-state index in [2.05, 4.69) is 33.9 Å². The SMILES string of the molecule is CC(C)C(NC(=O)C(CS)NC(=O)C(CC(=O)O)NC(=O)C1CCCN1)C(=O)O. The van der Waals surface area contributed by atoms with Gasteiger partial charge in [0.25, 0.3) is 0 Å². The second-order valence-corrected chi connectivity index (χ2v) is 7.49. The average Bonchev–Trinajstić information content (AvgIpc) is 3.16. The Morgan fingerprint density at radius 3 is 2.10 bits per heavy atom. The van der Waals surface area contributed by atoms with Crippen LogP contribution in [-0.4, -0.2) is 76.3 Å². The van der Waals surface area contributed by atoms with Crippen LogP contribution in [0.25, 0.3) is 0 Å². The third-order valence-corrected chi connectivity index (χ3v) is 4.80. The van der Waals surface area contributed by atoms with Gasteiger partial charge >= 0.3 is 11.9 Å². The smallest absolute Gasteiger partial charge is 0.326 e. The highest BCUT2D eigenvalue weighted by Gasteiger charge is 2.32. The molecule has 0 aromatic heterocycles. The van der Waals surface area contributed by atoms with Gasteiger partial charge in [-0.2, -0.15) is 12.6 Å². The molecule has 4 atom stereocenters. The van der Waals surface area contributed by atoms with Crippen LogP contribution in [0.4, 0.5) is 0 Å². The van der Waals surface area contributed by atoms with E-state index in [9.17, 15) is 29.1 Å². The monoisotopic (exact) mass is 432 g/mol. The van der Waals surface area contributed by atoms with Crippen LogP contribution in [0.1, 0.15) is 33.1 Å². The number of carbonyl (C=O) groups excluding carboxylic acids is 3. The molecule has 29 heavy (non-hydrogen) atoms. The van der Waals surface area contributed by atoms with Crippen LogP contribution in [0.15, 0.2) is 0 Å². The van der Waals surface area contributed by atoms with Crippen molar-refractivity contribution in [1.82, 2.24) is 21.3 Å². The normalized spacial score (nSPS) is 19.1. The largest absolute Gasteiger partial charge is 0.481 e. The van der Waals surface area contributed by atoms with Crippen LogP contribution in [0.5, 0.6) is 0 Å². The lowest BCUT2D eigenvalue weighted by atomic mass is 10.0. The summed E-state index contributed by atoms with van der Waals surface area (Å²) in [4.78, 5) is 59.4. The van der Waals surface area contributed by atoms with Crippen molar-refractivity contribution in [3.63, 3.8) is 0 Å². The fourth-order valence-corrected chi connectivity index (χ4v) is 3.06. The molecule has 164 valence electrons. The van der Waals surface area contributed by atoms with Gasteiger partial charge in [-0.3, -0.25) is 19.2 Å². The minimum Gasteiger partial charge on any atom is -0.481 e. The van der Waals surface area contributed by atoms with Gasteiger partial charge in [-0.05, 0) is 25.3 Å². The molecule has 3 amide bonds. The molecule has 0 radical (unpaired) electrons. The molecule has 1 aliphatic heterocycles. The number of carboxylic acids is 2. The van der Waals surface area contributed by atoms with E-state index in [1.807, 2.05) is 0 Å². The fourth-order valence-electron chi connectivity index (χ4n) is 2.80.